The summed E-state index contributed by atoms with van der Waals surface area (Å²) in [6.45, 7) is 2.00. The Morgan fingerprint density at radius 3 is 2.45 bits per heavy atom. The summed E-state index contributed by atoms with van der Waals surface area (Å²) < 4.78 is 1.02. The lowest BCUT2D eigenvalue weighted by molar-refractivity contribution is 0.956. The summed E-state index contributed by atoms with van der Waals surface area (Å²) in [5, 5.41) is 3.16. The number of halogens is 1. The third kappa shape index (κ3) is 3.34. The second-order valence-electron chi connectivity index (χ2n) is 4.41. The van der Waals surface area contributed by atoms with E-state index in [1.165, 1.54) is 0 Å². The van der Waals surface area contributed by atoms with Crippen molar-refractivity contribution in [2.75, 3.05) is 29.7 Å². The van der Waals surface area contributed by atoms with Crippen molar-refractivity contribution in [3.05, 3.63) is 28.2 Å². The van der Waals surface area contributed by atoms with Crippen LogP contribution < -0.4 is 21.5 Å². The van der Waals surface area contributed by atoms with Gasteiger partial charge in [-0.1, -0.05) is 15.9 Å². The van der Waals surface area contributed by atoms with E-state index in [-0.39, 0.29) is 0 Å². The van der Waals surface area contributed by atoms with Crippen molar-refractivity contribution < 1.29 is 0 Å². The minimum atomic E-state index is 0.306. The fraction of sp³-hybridized carbons (Fsp3) is 0.250. The van der Waals surface area contributed by atoms with Crippen LogP contribution in [0.5, 0.6) is 0 Å². The van der Waals surface area contributed by atoms with E-state index in [9.17, 15) is 0 Å². The van der Waals surface area contributed by atoms with Gasteiger partial charge in [-0.05, 0) is 30.7 Å². The molecule has 0 bridgehead atoms. The number of anilines is 4. The van der Waals surface area contributed by atoms with Crippen molar-refractivity contribution in [1.29, 1.82) is 0 Å². The van der Waals surface area contributed by atoms with E-state index in [0.29, 0.717) is 17.8 Å². The molecule has 0 amide bonds. The predicted octanol–water partition coefficient (Wildman–Crippen LogP) is 2.04. The van der Waals surface area contributed by atoms with Crippen LogP contribution in [0.3, 0.4) is 0 Å². The van der Waals surface area contributed by atoms with Crippen LogP contribution in [-0.4, -0.2) is 29.0 Å². The second kappa shape index (κ2) is 6.02. The van der Waals surface area contributed by atoms with E-state index in [2.05, 4.69) is 41.6 Å². The standard InChI is InChI=1S/C12H16BrN7/c1-7-6-8(13)4-5-9(7)15-10-16-11(19-14)18-12(17-10)20(2)3/h4-6H,14H2,1-3H3,(H2,15,16,17,18,19). The quantitative estimate of drug-likeness (QED) is 0.580. The molecule has 0 aliphatic carbocycles. The fourth-order valence-electron chi connectivity index (χ4n) is 1.57. The molecule has 8 heteroatoms. The number of nitrogens with zero attached hydrogens (tertiary/aromatic N) is 4. The van der Waals surface area contributed by atoms with Gasteiger partial charge in [0.15, 0.2) is 0 Å². The molecule has 106 valence electrons. The summed E-state index contributed by atoms with van der Waals surface area (Å²) >= 11 is 3.43. The van der Waals surface area contributed by atoms with Crippen LogP contribution in [0, 0.1) is 6.92 Å². The fourth-order valence-corrected chi connectivity index (χ4v) is 2.05. The molecule has 1 aromatic heterocycles. The maximum atomic E-state index is 5.38. The SMILES string of the molecule is Cc1cc(Br)ccc1Nc1nc(NN)nc(N(C)C)n1. The first-order valence-corrected chi connectivity index (χ1v) is 6.72. The van der Waals surface area contributed by atoms with Crippen molar-refractivity contribution in [2.24, 2.45) is 5.84 Å². The van der Waals surface area contributed by atoms with Crippen LogP contribution in [0.15, 0.2) is 22.7 Å². The zero-order valence-corrected chi connectivity index (χ0v) is 13.1. The topological polar surface area (TPSA) is 92.0 Å². The van der Waals surface area contributed by atoms with Gasteiger partial charge in [-0.25, -0.2) is 5.84 Å². The Bertz CT molecular complexity index is 615. The number of hydrazine groups is 1. The van der Waals surface area contributed by atoms with Gasteiger partial charge in [0.1, 0.15) is 0 Å². The molecule has 0 atom stereocenters. The summed E-state index contributed by atoms with van der Waals surface area (Å²) in [5.41, 5.74) is 4.44. The molecular formula is C12H16BrN7. The van der Waals surface area contributed by atoms with Crippen LogP contribution in [0.1, 0.15) is 5.56 Å². The number of aryl methyl sites for hydroxylation is 1. The predicted molar refractivity (Wildman–Crippen MR) is 84.1 cm³/mol. The highest BCUT2D eigenvalue weighted by atomic mass is 79.9. The van der Waals surface area contributed by atoms with Crippen molar-refractivity contribution >= 4 is 39.5 Å². The minimum Gasteiger partial charge on any atom is -0.347 e. The van der Waals surface area contributed by atoms with Gasteiger partial charge >= 0.3 is 0 Å². The first-order valence-electron chi connectivity index (χ1n) is 5.93. The molecule has 1 heterocycles. The highest BCUT2D eigenvalue weighted by Crippen LogP contribution is 2.23. The van der Waals surface area contributed by atoms with E-state index < -0.39 is 0 Å². The summed E-state index contributed by atoms with van der Waals surface area (Å²) in [5.74, 6) is 6.63. The number of nitrogens with one attached hydrogen (secondary N) is 2. The van der Waals surface area contributed by atoms with Crippen molar-refractivity contribution in [3.8, 4) is 0 Å². The number of rotatable bonds is 4. The van der Waals surface area contributed by atoms with Crippen molar-refractivity contribution in [1.82, 2.24) is 15.0 Å². The Hall–Kier alpha value is -1.93. The number of nitrogen functional groups attached to an aromatic ring is 1. The van der Waals surface area contributed by atoms with Crippen LogP contribution in [0.2, 0.25) is 0 Å². The first-order chi connectivity index (χ1) is 9.49. The lowest BCUT2D eigenvalue weighted by atomic mass is 10.2. The highest BCUT2D eigenvalue weighted by Gasteiger charge is 2.08. The molecule has 0 saturated heterocycles. The molecule has 0 fully saturated rings. The van der Waals surface area contributed by atoms with Gasteiger partial charge in [-0.3, -0.25) is 5.43 Å². The van der Waals surface area contributed by atoms with Gasteiger partial charge in [-0.15, -0.1) is 0 Å². The van der Waals surface area contributed by atoms with Crippen LogP contribution in [-0.2, 0) is 0 Å². The molecule has 2 aromatic rings. The highest BCUT2D eigenvalue weighted by molar-refractivity contribution is 9.10. The molecular weight excluding hydrogens is 322 g/mol. The number of benzene rings is 1. The first kappa shape index (κ1) is 14.5. The Balaban J connectivity index is 2.34. The molecule has 7 nitrogen and oxygen atoms in total. The molecule has 0 radical (unpaired) electrons. The van der Waals surface area contributed by atoms with Crippen molar-refractivity contribution in [2.45, 2.75) is 6.92 Å². The van der Waals surface area contributed by atoms with Gasteiger partial charge in [0, 0.05) is 24.3 Å². The third-order valence-electron chi connectivity index (χ3n) is 2.59. The summed E-state index contributed by atoms with van der Waals surface area (Å²) in [6.07, 6.45) is 0. The molecule has 0 unspecified atom stereocenters. The summed E-state index contributed by atoms with van der Waals surface area (Å²) in [4.78, 5) is 14.4. The maximum Gasteiger partial charge on any atom is 0.243 e. The zero-order valence-electron chi connectivity index (χ0n) is 11.5. The average molecular weight is 338 g/mol. The monoisotopic (exact) mass is 337 g/mol. The Labute approximate surface area is 125 Å². The van der Waals surface area contributed by atoms with E-state index >= 15 is 0 Å². The lowest BCUT2D eigenvalue weighted by Crippen LogP contribution is -2.18. The van der Waals surface area contributed by atoms with Crippen LogP contribution >= 0.6 is 15.9 Å². The molecule has 4 N–H and O–H groups in total. The summed E-state index contributed by atoms with van der Waals surface area (Å²) in [7, 11) is 3.70. The molecule has 0 spiro atoms. The Kier molecular flexibility index (Phi) is 4.35. The summed E-state index contributed by atoms with van der Waals surface area (Å²) in [6, 6.07) is 5.91. The number of hydrogen-bond donors (Lipinski definition) is 3. The Morgan fingerprint density at radius 2 is 1.85 bits per heavy atom. The van der Waals surface area contributed by atoms with Gasteiger partial charge in [-0.2, -0.15) is 15.0 Å². The van der Waals surface area contributed by atoms with E-state index in [1.807, 2.05) is 39.2 Å². The van der Waals surface area contributed by atoms with Crippen LogP contribution in [0.4, 0.5) is 23.5 Å². The Morgan fingerprint density at radius 1 is 1.15 bits per heavy atom. The van der Waals surface area contributed by atoms with Gasteiger partial charge in [0.05, 0.1) is 0 Å². The van der Waals surface area contributed by atoms with Gasteiger partial charge < -0.3 is 10.2 Å². The lowest BCUT2D eigenvalue weighted by Gasteiger charge is -2.14. The average Bonchev–Trinajstić information content (AvgIpc) is 2.41. The smallest absolute Gasteiger partial charge is 0.243 e. The molecule has 0 aliphatic heterocycles. The van der Waals surface area contributed by atoms with E-state index in [1.54, 1.807) is 4.90 Å². The molecule has 0 aliphatic rings. The number of hydrogen-bond acceptors (Lipinski definition) is 7. The second-order valence-corrected chi connectivity index (χ2v) is 5.32. The largest absolute Gasteiger partial charge is 0.347 e. The molecule has 2 rings (SSSR count). The van der Waals surface area contributed by atoms with Crippen molar-refractivity contribution in [3.63, 3.8) is 0 Å². The maximum absolute atomic E-state index is 5.38. The molecule has 1 aromatic carbocycles. The normalized spacial score (nSPS) is 10.2. The number of nitrogens with two attached hydrogens (primary N) is 1. The van der Waals surface area contributed by atoms with Gasteiger partial charge in [0.25, 0.3) is 0 Å². The number of aromatic nitrogens is 3. The van der Waals surface area contributed by atoms with E-state index in [4.69, 9.17) is 5.84 Å². The van der Waals surface area contributed by atoms with Crippen LogP contribution in [0.25, 0.3) is 0 Å². The third-order valence-corrected chi connectivity index (χ3v) is 3.08. The minimum absolute atomic E-state index is 0.306. The van der Waals surface area contributed by atoms with E-state index in [0.717, 1.165) is 15.7 Å². The molecule has 20 heavy (non-hydrogen) atoms. The zero-order chi connectivity index (χ0) is 14.7. The van der Waals surface area contributed by atoms with Gasteiger partial charge in [0.2, 0.25) is 17.8 Å². The molecule has 0 saturated carbocycles.